The van der Waals surface area contributed by atoms with Gasteiger partial charge < -0.3 is 10.2 Å². The van der Waals surface area contributed by atoms with Crippen molar-refractivity contribution in [3.8, 4) is 0 Å². The number of rotatable bonds is 2. The van der Waals surface area contributed by atoms with Gasteiger partial charge in [-0.1, -0.05) is 0 Å². The second-order valence-corrected chi connectivity index (χ2v) is 6.03. The van der Waals surface area contributed by atoms with Crippen LogP contribution < -0.4 is 10.2 Å². The number of carbonyl (C=O) groups excluding carboxylic acids is 1. The quantitative estimate of drug-likeness (QED) is 0.926. The first kappa shape index (κ1) is 15.6. The second-order valence-electron chi connectivity index (χ2n) is 6.03. The van der Waals surface area contributed by atoms with Gasteiger partial charge in [-0.25, -0.2) is 13.8 Å². The van der Waals surface area contributed by atoms with Gasteiger partial charge in [0.25, 0.3) is 0 Å². The van der Waals surface area contributed by atoms with Crippen LogP contribution >= 0.6 is 0 Å². The van der Waals surface area contributed by atoms with Crippen LogP contribution in [0.25, 0.3) is 10.9 Å². The molecule has 1 aliphatic rings. The third-order valence-electron chi connectivity index (χ3n) is 4.15. The number of hydrogen-bond acceptors (Lipinski definition) is 3. The number of amides is 1. The monoisotopic (exact) mass is 319 g/mol. The van der Waals surface area contributed by atoms with Gasteiger partial charge in [0.15, 0.2) is 11.6 Å². The lowest BCUT2D eigenvalue weighted by molar-refractivity contribution is -0.119. The Bertz CT molecular complexity index is 763. The Morgan fingerprint density at radius 2 is 2.17 bits per heavy atom. The Labute approximate surface area is 133 Å². The van der Waals surface area contributed by atoms with Gasteiger partial charge in [-0.15, -0.1) is 0 Å². The van der Waals surface area contributed by atoms with E-state index in [1.165, 1.54) is 6.92 Å². The molecule has 1 fully saturated rings. The van der Waals surface area contributed by atoms with Crippen molar-refractivity contribution in [1.29, 1.82) is 0 Å². The van der Waals surface area contributed by atoms with E-state index in [0.29, 0.717) is 17.6 Å². The SMILES string of the molecule is CC(=O)N[C@@H]1CCCN(c2cc(C)nc3c(F)c(F)ccc23)C1. The van der Waals surface area contributed by atoms with Crippen LogP contribution in [-0.2, 0) is 4.79 Å². The van der Waals surface area contributed by atoms with Gasteiger partial charge in [0.1, 0.15) is 5.52 Å². The van der Waals surface area contributed by atoms with E-state index in [9.17, 15) is 13.6 Å². The summed E-state index contributed by atoms with van der Waals surface area (Å²) in [7, 11) is 0. The molecule has 122 valence electrons. The van der Waals surface area contributed by atoms with E-state index in [2.05, 4.69) is 15.2 Å². The number of pyridine rings is 1. The number of piperidine rings is 1. The highest BCUT2D eigenvalue weighted by atomic mass is 19.2. The number of aryl methyl sites for hydroxylation is 1. The van der Waals surface area contributed by atoms with Crippen LogP contribution in [0.3, 0.4) is 0 Å². The molecule has 1 saturated heterocycles. The molecule has 0 radical (unpaired) electrons. The molecule has 1 amide bonds. The summed E-state index contributed by atoms with van der Waals surface area (Å²) in [5.41, 5.74) is 1.53. The zero-order valence-electron chi connectivity index (χ0n) is 13.2. The zero-order chi connectivity index (χ0) is 16.6. The molecule has 1 aromatic carbocycles. The van der Waals surface area contributed by atoms with Gasteiger partial charge >= 0.3 is 0 Å². The second kappa shape index (κ2) is 6.10. The van der Waals surface area contributed by atoms with E-state index in [1.54, 1.807) is 13.0 Å². The number of aromatic nitrogens is 1. The van der Waals surface area contributed by atoms with E-state index in [1.807, 2.05) is 6.07 Å². The molecule has 3 rings (SSSR count). The van der Waals surface area contributed by atoms with Crippen molar-refractivity contribution >= 4 is 22.5 Å². The molecule has 1 atom stereocenters. The summed E-state index contributed by atoms with van der Waals surface area (Å²) in [6.07, 6.45) is 1.85. The fourth-order valence-corrected chi connectivity index (χ4v) is 3.20. The summed E-state index contributed by atoms with van der Waals surface area (Å²) in [6, 6.07) is 4.65. The lowest BCUT2D eigenvalue weighted by Crippen LogP contribution is -2.47. The molecule has 4 nitrogen and oxygen atoms in total. The first-order chi connectivity index (χ1) is 11.0. The summed E-state index contributed by atoms with van der Waals surface area (Å²) < 4.78 is 27.5. The summed E-state index contributed by atoms with van der Waals surface area (Å²) in [4.78, 5) is 17.5. The van der Waals surface area contributed by atoms with Crippen molar-refractivity contribution < 1.29 is 13.6 Å². The third kappa shape index (κ3) is 3.11. The highest BCUT2D eigenvalue weighted by Gasteiger charge is 2.23. The highest BCUT2D eigenvalue weighted by molar-refractivity contribution is 5.92. The maximum absolute atomic E-state index is 14.1. The molecule has 2 aromatic rings. The van der Waals surface area contributed by atoms with Crippen LogP contribution in [0.4, 0.5) is 14.5 Å². The van der Waals surface area contributed by atoms with Gasteiger partial charge in [0.2, 0.25) is 5.91 Å². The molecule has 0 spiro atoms. The minimum atomic E-state index is -0.914. The summed E-state index contributed by atoms with van der Waals surface area (Å²) in [5, 5.41) is 3.53. The fraction of sp³-hybridized carbons (Fsp3) is 0.412. The van der Waals surface area contributed by atoms with E-state index in [0.717, 1.165) is 31.1 Å². The first-order valence-corrected chi connectivity index (χ1v) is 7.73. The average Bonchev–Trinajstić information content (AvgIpc) is 2.50. The molecule has 0 bridgehead atoms. The van der Waals surface area contributed by atoms with Gasteiger partial charge in [0, 0.05) is 42.8 Å². The summed E-state index contributed by atoms with van der Waals surface area (Å²) in [6.45, 7) is 4.73. The maximum atomic E-state index is 14.1. The largest absolute Gasteiger partial charge is 0.369 e. The number of nitrogens with zero attached hydrogens (tertiary/aromatic N) is 2. The van der Waals surface area contributed by atoms with Crippen LogP contribution in [0.2, 0.25) is 0 Å². The van der Waals surface area contributed by atoms with Gasteiger partial charge in [-0.3, -0.25) is 4.79 Å². The lowest BCUT2D eigenvalue weighted by Gasteiger charge is -2.35. The summed E-state index contributed by atoms with van der Waals surface area (Å²) in [5.74, 6) is -1.86. The topological polar surface area (TPSA) is 45.2 Å². The highest BCUT2D eigenvalue weighted by Crippen LogP contribution is 2.31. The predicted molar refractivity (Wildman–Crippen MR) is 85.4 cm³/mol. The minimum absolute atomic E-state index is 0.0549. The molecule has 0 saturated carbocycles. The van der Waals surface area contributed by atoms with Gasteiger partial charge in [-0.2, -0.15) is 0 Å². The van der Waals surface area contributed by atoms with Gasteiger partial charge in [-0.05, 0) is 38.0 Å². The Morgan fingerprint density at radius 3 is 2.91 bits per heavy atom. The number of nitrogens with one attached hydrogen (secondary N) is 1. The molecule has 6 heteroatoms. The maximum Gasteiger partial charge on any atom is 0.217 e. The zero-order valence-corrected chi connectivity index (χ0v) is 13.2. The standard InChI is InChI=1S/C17H19F2N3O/c1-10-8-15(13-5-6-14(18)16(19)17(13)20-10)22-7-3-4-12(9-22)21-11(2)23/h5-6,8,12H,3-4,7,9H2,1-2H3,(H,21,23)/t12-/m1/s1. The molecule has 23 heavy (non-hydrogen) atoms. The van der Waals surface area contributed by atoms with Crippen molar-refractivity contribution in [2.24, 2.45) is 0 Å². The van der Waals surface area contributed by atoms with Crippen molar-refractivity contribution in [2.75, 3.05) is 18.0 Å². The summed E-state index contributed by atoms with van der Waals surface area (Å²) >= 11 is 0. The minimum Gasteiger partial charge on any atom is -0.369 e. The smallest absolute Gasteiger partial charge is 0.217 e. The van der Waals surface area contributed by atoms with Gasteiger partial charge in [0.05, 0.1) is 0 Å². The average molecular weight is 319 g/mol. The van der Waals surface area contributed by atoms with Crippen molar-refractivity contribution in [3.63, 3.8) is 0 Å². The van der Waals surface area contributed by atoms with Crippen molar-refractivity contribution in [2.45, 2.75) is 32.7 Å². The first-order valence-electron chi connectivity index (χ1n) is 7.73. The Kier molecular flexibility index (Phi) is 4.15. The Balaban J connectivity index is 2.02. The molecule has 2 heterocycles. The molecule has 0 aliphatic carbocycles. The number of fused-ring (bicyclic) bond motifs is 1. The van der Waals surface area contributed by atoms with Crippen molar-refractivity contribution in [1.82, 2.24) is 10.3 Å². The van der Waals surface area contributed by atoms with Crippen LogP contribution in [0.5, 0.6) is 0 Å². The molecule has 1 aromatic heterocycles. The normalized spacial score (nSPS) is 18.3. The van der Waals surface area contributed by atoms with E-state index < -0.39 is 11.6 Å². The van der Waals surface area contributed by atoms with Crippen LogP contribution in [-0.4, -0.2) is 30.0 Å². The number of anilines is 1. The molecule has 0 unspecified atom stereocenters. The van der Waals surface area contributed by atoms with Crippen LogP contribution in [0.1, 0.15) is 25.5 Å². The van der Waals surface area contributed by atoms with Crippen LogP contribution in [0, 0.1) is 18.6 Å². The lowest BCUT2D eigenvalue weighted by atomic mass is 10.0. The molecular weight excluding hydrogens is 300 g/mol. The fourth-order valence-electron chi connectivity index (χ4n) is 3.20. The predicted octanol–water partition coefficient (Wildman–Crippen LogP) is 2.93. The molecular formula is C17H19F2N3O. The van der Waals surface area contributed by atoms with E-state index >= 15 is 0 Å². The number of carbonyl (C=O) groups is 1. The van der Waals surface area contributed by atoms with E-state index in [-0.39, 0.29) is 17.5 Å². The molecule has 1 N–H and O–H groups in total. The van der Waals surface area contributed by atoms with Crippen molar-refractivity contribution in [3.05, 3.63) is 35.5 Å². The number of benzene rings is 1. The van der Waals surface area contributed by atoms with Crippen LogP contribution in [0.15, 0.2) is 18.2 Å². The number of hydrogen-bond donors (Lipinski definition) is 1. The third-order valence-corrected chi connectivity index (χ3v) is 4.15. The Morgan fingerprint density at radius 1 is 1.39 bits per heavy atom. The Hall–Kier alpha value is -2.24. The van der Waals surface area contributed by atoms with E-state index in [4.69, 9.17) is 0 Å². The number of halogens is 2. The molecule has 1 aliphatic heterocycles.